The molecule has 1 fully saturated rings. The molecule has 1 unspecified atom stereocenters. The second-order valence-corrected chi connectivity index (χ2v) is 6.87. The molecule has 0 aliphatic carbocycles. The number of benzene rings is 1. The van der Waals surface area contributed by atoms with Crippen LogP contribution in [0.5, 0.6) is 0 Å². The van der Waals surface area contributed by atoms with Gasteiger partial charge in [0.1, 0.15) is 0 Å². The first-order valence-electron chi connectivity index (χ1n) is 7.40. The highest BCUT2D eigenvalue weighted by Gasteiger charge is 2.34. The summed E-state index contributed by atoms with van der Waals surface area (Å²) in [5.41, 5.74) is 1.21. The van der Waals surface area contributed by atoms with Crippen molar-refractivity contribution in [2.75, 3.05) is 6.61 Å². The summed E-state index contributed by atoms with van der Waals surface area (Å²) in [7, 11) is 0. The zero-order valence-electron chi connectivity index (χ0n) is 12.2. The first kappa shape index (κ1) is 16.3. The lowest BCUT2D eigenvalue weighted by Crippen LogP contribution is -2.46. The molecular weight excluding hydrogens is 338 g/mol. The van der Waals surface area contributed by atoms with Gasteiger partial charge >= 0.3 is 0 Å². The van der Waals surface area contributed by atoms with Crippen molar-refractivity contribution in [3.63, 3.8) is 0 Å². The van der Waals surface area contributed by atoms with Crippen molar-refractivity contribution in [3.8, 4) is 0 Å². The summed E-state index contributed by atoms with van der Waals surface area (Å²) in [5, 5.41) is 4.47. The third-order valence-corrected chi connectivity index (χ3v) is 5.23. The van der Waals surface area contributed by atoms with Crippen molar-refractivity contribution in [2.45, 2.75) is 57.7 Å². The topological polar surface area (TPSA) is 21.3 Å². The molecule has 2 rings (SSSR count). The van der Waals surface area contributed by atoms with Crippen LogP contribution in [0.2, 0.25) is 5.02 Å². The van der Waals surface area contributed by atoms with Gasteiger partial charge in [-0.05, 0) is 49.4 Å². The maximum Gasteiger partial charge on any atom is 0.0692 e. The van der Waals surface area contributed by atoms with Crippen LogP contribution in [0, 0.1) is 0 Å². The van der Waals surface area contributed by atoms with E-state index >= 15 is 0 Å². The smallest absolute Gasteiger partial charge is 0.0692 e. The van der Waals surface area contributed by atoms with Crippen LogP contribution in [0.1, 0.15) is 45.1 Å². The molecule has 0 saturated carbocycles. The van der Waals surface area contributed by atoms with Gasteiger partial charge in [0.25, 0.3) is 0 Å². The van der Waals surface area contributed by atoms with E-state index in [0.717, 1.165) is 53.9 Å². The van der Waals surface area contributed by atoms with Crippen molar-refractivity contribution in [1.29, 1.82) is 0 Å². The summed E-state index contributed by atoms with van der Waals surface area (Å²) in [5.74, 6) is 0. The summed E-state index contributed by atoms with van der Waals surface area (Å²) in [6.45, 7) is 6.10. The van der Waals surface area contributed by atoms with Crippen LogP contribution in [0.3, 0.4) is 0 Å². The molecular formula is C16H23BrClNO. The van der Waals surface area contributed by atoms with Gasteiger partial charge in [-0.1, -0.05) is 41.4 Å². The first-order chi connectivity index (χ1) is 9.58. The molecule has 1 heterocycles. The highest BCUT2D eigenvalue weighted by Crippen LogP contribution is 2.31. The molecule has 0 radical (unpaired) electrons. The number of ether oxygens (including phenoxy) is 1. The van der Waals surface area contributed by atoms with Gasteiger partial charge in [-0.25, -0.2) is 0 Å². The van der Waals surface area contributed by atoms with Crippen LogP contribution >= 0.6 is 27.5 Å². The molecule has 1 N–H and O–H groups in total. The minimum absolute atomic E-state index is 0.0665. The standard InChI is InChI=1S/C16H23BrClNO/c1-3-16(4-2)10-14(7-8-20-16)19-11-12-9-13(17)5-6-15(12)18/h5-6,9,14,19H,3-4,7-8,10-11H2,1-2H3. The van der Waals surface area contributed by atoms with Gasteiger partial charge in [0.2, 0.25) is 0 Å². The first-order valence-corrected chi connectivity index (χ1v) is 8.57. The van der Waals surface area contributed by atoms with E-state index in [4.69, 9.17) is 16.3 Å². The average Bonchev–Trinajstić information content (AvgIpc) is 2.48. The Balaban J connectivity index is 1.95. The normalized spacial score (nSPS) is 21.9. The average molecular weight is 361 g/mol. The van der Waals surface area contributed by atoms with E-state index in [-0.39, 0.29) is 5.60 Å². The predicted octanol–water partition coefficient (Wildman–Crippen LogP) is 4.93. The Hall–Kier alpha value is -0.0900. The maximum atomic E-state index is 6.24. The SMILES string of the molecule is CCC1(CC)CC(NCc2cc(Br)ccc2Cl)CCO1. The van der Waals surface area contributed by atoms with Crippen LogP contribution in [-0.4, -0.2) is 18.2 Å². The molecule has 1 aromatic carbocycles. The van der Waals surface area contributed by atoms with Crippen LogP contribution < -0.4 is 5.32 Å². The zero-order chi connectivity index (χ0) is 14.6. The molecule has 2 nitrogen and oxygen atoms in total. The molecule has 1 atom stereocenters. The summed E-state index contributed by atoms with van der Waals surface area (Å²) in [6, 6.07) is 6.51. The predicted molar refractivity (Wildman–Crippen MR) is 88.3 cm³/mol. The summed E-state index contributed by atoms with van der Waals surface area (Å²) >= 11 is 9.74. The Morgan fingerprint density at radius 1 is 1.40 bits per heavy atom. The Morgan fingerprint density at radius 3 is 2.85 bits per heavy atom. The van der Waals surface area contributed by atoms with Crippen LogP contribution in [0.15, 0.2) is 22.7 Å². The number of hydrogen-bond acceptors (Lipinski definition) is 2. The molecule has 0 aromatic heterocycles. The van der Waals surface area contributed by atoms with Crippen LogP contribution in [0.25, 0.3) is 0 Å². The van der Waals surface area contributed by atoms with Crippen LogP contribution in [0.4, 0.5) is 0 Å². The molecule has 0 bridgehead atoms. The molecule has 0 spiro atoms. The summed E-state index contributed by atoms with van der Waals surface area (Å²) in [4.78, 5) is 0. The molecule has 1 aliphatic rings. The van der Waals surface area contributed by atoms with E-state index in [0.29, 0.717) is 6.04 Å². The van der Waals surface area contributed by atoms with E-state index in [9.17, 15) is 0 Å². The maximum absolute atomic E-state index is 6.24. The third kappa shape index (κ3) is 3.97. The van der Waals surface area contributed by atoms with Crippen molar-refractivity contribution in [1.82, 2.24) is 5.32 Å². The number of rotatable bonds is 5. The molecule has 1 saturated heterocycles. The monoisotopic (exact) mass is 359 g/mol. The van der Waals surface area contributed by atoms with Crippen molar-refractivity contribution in [2.24, 2.45) is 0 Å². The minimum atomic E-state index is 0.0665. The van der Waals surface area contributed by atoms with Gasteiger partial charge in [-0.3, -0.25) is 0 Å². The minimum Gasteiger partial charge on any atom is -0.375 e. The number of hydrogen-bond donors (Lipinski definition) is 1. The lowest BCUT2D eigenvalue weighted by Gasteiger charge is -2.40. The van der Waals surface area contributed by atoms with Crippen molar-refractivity contribution < 1.29 is 4.74 Å². The fourth-order valence-corrected chi connectivity index (χ4v) is 3.47. The Bertz CT molecular complexity index is 448. The number of halogens is 2. The lowest BCUT2D eigenvalue weighted by molar-refractivity contribution is -0.0932. The Labute approximate surface area is 135 Å². The second kappa shape index (κ2) is 7.26. The molecule has 4 heteroatoms. The highest BCUT2D eigenvalue weighted by molar-refractivity contribution is 9.10. The molecule has 1 aliphatic heterocycles. The molecule has 1 aromatic rings. The van der Waals surface area contributed by atoms with Gasteiger partial charge in [-0.2, -0.15) is 0 Å². The summed E-state index contributed by atoms with van der Waals surface area (Å²) < 4.78 is 7.09. The summed E-state index contributed by atoms with van der Waals surface area (Å²) in [6.07, 6.45) is 4.33. The van der Waals surface area contributed by atoms with Gasteiger partial charge in [0, 0.05) is 28.7 Å². The molecule has 0 amide bonds. The second-order valence-electron chi connectivity index (χ2n) is 5.54. The zero-order valence-corrected chi connectivity index (χ0v) is 14.6. The van der Waals surface area contributed by atoms with E-state index < -0.39 is 0 Å². The number of nitrogens with one attached hydrogen (secondary N) is 1. The van der Waals surface area contributed by atoms with Gasteiger partial charge in [0.05, 0.1) is 5.60 Å². The Kier molecular flexibility index (Phi) is 5.91. The van der Waals surface area contributed by atoms with E-state index in [1.165, 1.54) is 0 Å². The quantitative estimate of drug-likeness (QED) is 0.804. The van der Waals surface area contributed by atoms with Gasteiger partial charge < -0.3 is 10.1 Å². The van der Waals surface area contributed by atoms with Gasteiger partial charge in [0.15, 0.2) is 0 Å². The van der Waals surface area contributed by atoms with E-state index in [1.807, 2.05) is 12.1 Å². The third-order valence-electron chi connectivity index (χ3n) is 4.37. The van der Waals surface area contributed by atoms with E-state index in [1.54, 1.807) is 0 Å². The highest BCUT2D eigenvalue weighted by atomic mass is 79.9. The Morgan fingerprint density at radius 2 is 2.15 bits per heavy atom. The lowest BCUT2D eigenvalue weighted by atomic mass is 9.86. The largest absolute Gasteiger partial charge is 0.375 e. The fraction of sp³-hybridized carbons (Fsp3) is 0.625. The molecule has 20 heavy (non-hydrogen) atoms. The van der Waals surface area contributed by atoms with E-state index in [2.05, 4.69) is 41.2 Å². The fourth-order valence-electron chi connectivity index (χ4n) is 2.88. The van der Waals surface area contributed by atoms with Crippen LogP contribution in [-0.2, 0) is 11.3 Å². The van der Waals surface area contributed by atoms with Crippen molar-refractivity contribution in [3.05, 3.63) is 33.3 Å². The van der Waals surface area contributed by atoms with Crippen molar-refractivity contribution >= 4 is 27.5 Å². The molecule has 112 valence electrons. The van der Waals surface area contributed by atoms with Gasteiger partial charge in [-0.15, -0.1) is 0 Å².